The van der Waals surface area contributed by atoms with Gasteiger partial charge in [-0.2, -0.15) is 26.3 Å². The Labute approximate surface area is 182 Å². The maximum Gasteiger partial charge on any atom is 0.381 e. The van der Waals surface area contributed by atoms with E-state index in [9.17, 15) is 44.7 Å². The van der Waals surface area contributed by atoms with Gasteiger partial charge in [0.05, 0.1) is 0 Å². The summed E-state index contributed by atoms with van der Waals surface area (Å²) in [5.41, 5.74) is -1.64. The Bertz CT molecular complexity index is 720. The molecule has 0 aliphatic carbocycles. The fraction of sp³-hybridized carbons (Fsp3) is 0.765. The van der Waals surface area contributed by atoms with Gasteiger partial charge in [-0.05, 0) is 39.2 Å². The first-order valence-corrected chi connectivity index (χ1v) is 15.7. The van der Waals surface area contributed by atoms with Crippen LogP contribution in [0.1, 0.15) is 13.3 Å². The topological polar surface area (TPSA) is 72.8 Å². The fourth-order valence-corrected chi connectivity index (χ4v) is 11.9. The number of aliphatic carboxylic acids is 1. The predicted octanol–water partition coefficient (Wildman–Crippen LogP) is 5.55. The largest absolute Gasteiger partial charge is 0.478 e. The summed E-state index contributed by atoms with van der Waals surface area (Å²) < 4.78 is 115. The zero-order valence-electron chi connectivity index (χ0n) is 18.3. The SMILES string of the molecule is CCC(C(=CC(=O)O)C(=O)OCC(F)(F)C(F)(F)C(F)(F)C(F)F)[Si](C)(C)O[Si](C)(C)C. The van der Waals surface area contributed by atoms with Gasteiger partial charge in [-0.3, -0.25) is 0 Å². The van der Waals surface area contributed by atoms with Gasteiger partial charge < -0.3 is 14.0 Å². The molecule has 0 fully saturated rings. The molecule has 0 radical (unpaired) electrons. The van der Waals surface area contributed by atoms with E-state index in [0.29, 0.717) is 6.08 Å². The van der Waals surface area contributed by atoms with Crippen LogP contribution in [0.3, 0.4) is 0 Å². The molecule has 188 valence electrons. The Morgan fingerprint density at radius 1 is 1.00 bits per heavy atom. The van der Waals surface area contributed by atoms with Crippen molar-refractivity contribution in [2.24, 2.45) is 0 Å². The van der Waals surface area contributed by atoms with Crippen LogP contribution in [0.5, 0.6) is 0 Å². The third-order valence-electron chi connectivity index (χ3n) is 4.24. The Morgan fingerprint density at radius 2 is 1.47 bits per heavy atom. The Morgan fingerprint density at radius 3 is 1.81 bits per heavy atom. The summed E-state index contributed by atoms with van der Waals surface area (Å²) in [6, 6.07) is 0. The summed E-state index contributed by atoms with van der Waals surface area (Å²) in [6.45, 7) is 7.51. The number of hydrogen-bond acceptors (Lipinski definition) is 4. The molecule has 0 aromatic heterocycles. The number of esters is 1. The van der Waals surface area contributed by atoms with Crippen molar-refractivity contribution in [1.82, 2.24) is 0 Å². The molecule has 1 atom stereocenters. The van der Waals surface area contributed by atoms with Gasteiger partial charge in [-0.1, -0.05) is 6.92 Å². The number of carbonyl (C=O) groups excluding carboxylic acids is 1. The van der Waals surface area contributed by atoms with Crippen molar-refractivity contribution in [2.75, 3.05) is 6.61 Å². The Hall–Kier alpha value is -1.49. The van der Waals surface area contributed by atoms with Crippen LogP contribution in [-0.4, -0.2) is 64.5 Å². The van der Waals surface area contributed by atoms with E-state index in [4.69, 9.17) is 9.22 Å². The molecule has 0 spiro atoms. The molecular formula is C17H26F8O5Si2. The van der Waals surface area contributed by atoms with Crippen LogP contribution < -0.4 is 0 Å². The standard InChI is InChI=1S/C17H26F8O5Si2/c1-7-11(32(5,6)30-31(2,3)4)10(8-12(26)27)13(28)29-9-15(20,21)17(24,25)16(22,23)14(18)19/h8,11,14H,7,9H2,1-6H3,(H,26,27). The van der Waals surface area contributed by atoms with Crippen LogP contribution in [0.25, 0.3) is 0 Å². The average Bonchev–Trinajstić information content (AvgIpc) is 2.56. The summed E-state index contributed by atoms with van der Waals surface area (Å²) in [6.07, 6.45) is -4.70. The number of carboxylic acid groups (broad SMARTS) is 1. The third-order valence-corrected chi connectivity index (χ3v) is 11.2. The lowest BCUT2D eigenvalue weighted by atomic mass is 10.1. The minimum atomic E-state index is -6.55. The summed E-state index contributed by atoms with van der Waals surface area (Å²) >= 11 is 0. The van der Waals surface area contributed by atoms with E-state index in [-0.39, 0.29) is 6.42 Å². The van der Waals surface area contributed by atoms with Crippen LogP contribution in [0.15, 0.2) is 11.6 Å². The monoisotopic (exact) mass is 518 g/mol. The van der Waals surface area contributed by atoms with Crippen LogP contribution in [0.4, 0.5) is 35.1 Å². The van der Waals surface area contributed by atoms with Crippen molar-refractivity contribution in [1.29, 1.82) is 0 Å². The highest BCUT2D eigenvalue weighted by atomic mass is 28.4. The van der Waals surface area contributed by atoms with Crippen molar-refractivity contribution in [3.05, 3.63) is 11.6 Å². The molecule has 0 saturated carbocycles. The highest BCUT2D eigenvalue weighted by Gasteiger charge is 2.75. The van der Waals surface area contributed by atoms with Crippen molar-refractivity contribution < 1.29 is 58.7 Å². The first kappa shape index (κ1) is 30.5. The first-order valence-electron chi connectivity index (χ1n) is 9.27. The number of rotatable bonds is 12. The minimum Gasteiger partial charge on any atom is -0.478 e. The normalized spacial score (nSPS) is 15.7. The number of carboxylic acids is 1. The molecule has 0 bridgehead atoms. The lowest BCUT2D eigenvalue weighted by Crippen LogP contribution is -2.59. The molecule has 0 amide bonds. The van der Waals surface area contributed by atoms with Crippen molar-refractivity contribution >= 4 is 28.6 Å². The van der Waals surface area contributed by atoms with Gasteiger partial charge in [0.2, 0.25) is 0 Å². The molecule has 1 unspecified atom stereocenters. The van der Waals surface area contributed by atoms with Gasteiger partial charge in [0.15, 0.2) is 23.2 Å². The molecule has 15 heteroatoms. The summed E-state index contributed by atoms with van der Waals surface area (Å²) in [4.78, 5) is 23.5. The van der Waals surface area contributed by atoms with Crippen LogP contribution in [0.2, 0.25) is 38.3 Å². The fourth-order valence-electron chi connectivity index (χ4n) is 3.09. The van der Waals surface area contributed by atoms with E-state index in [0.717, 1.165) is 0 Å². The molecular weight excluding hydrogens is 492 g/mol. The second-order valence-corrected chi connectivity index (χ2v) is 17.4. The first-order chi connectivity index (χ1) is 14.0. The molecule has 0 aromatic carbocycles. The highest BCUT2D eigenvalue weighted by molar-refractivity contribution is 6.85. The Balaban J connectivity index is 5.96. The second kappa shape index (κ2) is 10.2. The highest BCUT2D eigenvalue weighted by Crippen LogP contribution is 2.48. The predicted molar refractivity (Wildman–Crippen MR) is 103 cm³/mol. The van der Waals surface area contributed by atoms with Crippen LogP contribution in [-0.2, 0) is 18.4 Å². The maximum absolute atomic E-state index is 13.7. The third kappa shape index (κ3) is 7.26. The number of hydrogen-bond donors (Lipinski definition) is 1. The zero-order valence-corrected chi connectivity index (χ0v) is 20.3. The van der Waals surface area contributed by atoms with Crippen molar-refractivity contribution in [2.45, 2.75) is 75.8 Å². The molecule has 1 N–H and O–H groups in total. The lowest BCUT2D eigenvalue weighted by molar-refractivity contribution is -0.344. The Kier molecular flexibility index (Phi) is 9.72. The molecule has 0 rings (SSSR count). The molecule has 0 saturated heterocycles. The summed E-state index contributed by atoms with van der Waals surface area (Å²) in [5.74, 6) is -22.3. The van der Waals surface area contributed by atoms with E-state index in [2.05, 4.69) is 4.74 Å². The van der Waals surface area contributed by atoms with Gasteiger partial charge in [-0.15, -0.1) is 0 Å². The van der Waals surface area contributed by atoms with Crippen molar-refractivity contribution in [3.63, 3.8) is 0 Å². The molecule has 0 aliphatic heterocycles. The smallest absolute Gasteiger partial charge is 0.381 e. The van der Waals surface area contributed by atoms with E-state index in [1.54, 1.807) is 32.7 Å². The molecule has 0 aromatic rings. The van der Waals surface area contributed by atoms with Gasteiger partial charge >= 0.3 is 36.1 Å². The van der Waals surface area contributed by atoms with Crippen molar-refractivity contribution in [3.8, 4) is 0 Å². The number of ether oxygens (including phenoxy) is 1. The van der Waals surface area contributed by atoms with Crippen LogP contribution in [0, 0.1) is 0 Å². The number of carbonyl (C=O) groups is 2. The van der Waals surface area contributed by atoms with Gasteiger partial charge in [-0.25, -0.2) is 18.4 Å². The number of alkyl halides is 8. The molecule has 32 heavy (non-hydrogen) atoms. The molecule has 5 nitrogen and oxygen atoms in total. The van der Waals surface area contributed by atoms with E-state index in [1.165, 1.54) is 6.92 Å². The summed E-state index contributed by atoms with van der Waals surface area (Å²) in [7, 11) is -5.18. The second-order valence-electron chi connectivity index (χ2n) is 8.50. The summed E-state index contributed by atoms with van der Waals surface area (Å²) in [5, 5.41) is 9.05. The minimum absolute atomic E-state index is 0.0773. The van der Waals surface area contributed by atoms with E-state index >= 15 is 0 Å². The molecule has 0 aliphatic rings. The van der Waals surface area contributed by atoms with E-state index in [1.807, 2.05) is 0 Å². The lowest BCUT2D eigenvalue weighted by Gasteiger charge is -2.38. The average molecular weight is 519 g/mol. The van der Waals surface area contributed by atoms with Gasteiger partial charge in [0.25, 0.3) is 0 Å². The quantitative estimate of drug-likeness (QED) is 0.159. The molecule has 0 heterocycles. The van der Waals surface area contributed by atoms with Gasteiger partial charge in [0.1, 0.15) is 0 Å². The van der Waals surface area contributed by atoms with E-state index < -0.39 is 70.5 Å². The van der Waals surface area contributed by atoms with Gasteiger partial charge in [0, 0.05) is 17.2 Å². The van der Waals surface area contributed by atoms with Crippen LogP contribution >= 0.6 is 0 Å². The number of halogens is 8. The zero-order chi connectivity index (χ0) is 25.9. The maximum atomic E-state index is 13.7.